The fourth-order valence-electron chi connectivity index (χ4n) is 3.58. The topological polar surface area (TPSA) is 66.0 Å². The minimum absolute atomic E-state index is 0.151. The van der Waals surface area contributed by atoms with Crippen LogP contribution >= 0.6 is 15.9 Å². The Bertz CT molecular complexity index is 1050. The maximum Gasteiger partial charge on any atom is 0.410 e. The number of anilines is 1. The highest BCUT2D eigenvalue weighted by Gasteiger charge is 2.27. The summed E-state index contributed by atoms with van der Waals surface area (Å²) in [5, 5.41) is 0. The van der Waals surface area contributed by atoms with E-state index in [9.17, 15) is 18.4 Å². The standard InChI is InChI=1S/C24H29BrF2N4O3/c1-5-29(15-16-6-7-19(26)20(27)12-16)22(32)17-13-18(25)21(28-14-17)30-8-10-31(11-9-30)23(33)34-24(2,3)4/h6-7,12-14H,5,8-11,15H2,1-4H3. The summed E-state index contributed by atoms with van der Waals surface area (Å²) >= 11 is 3.52. The van der Waals surface area contributed by atoms with Gasteiger partial charge in [0.25, 0.3) is 5.91 Å². The summed E-state index contributed by atoms with van der Waals surface area (Å²) in [5.41, 5.74) is 0.339. The van der Waals surface area contributed by atoms with E-state index >= 15 is 0 Å². The molecule has 1 aliphatic heterocycles. The highest BCUT2D eigenvalue weighted by molar-refractivity contribution is 9.10. The molecule has 0 saturated carbocycles. The molecule has 0 atom stereocenters. The van der Waals surface area contributed by atoms with Gasteiger partial charge in [0, 0.05) is 45.5 Å². The SMILES string of the molecule is CCN(Cc1ccc(F)c(F)c1)C(=O)c1cnc(N2CCN(C(=O)OC(C)(C)C)CC2)c(Br)c1. The molecule has 184 valence electrons. The Morgan fingerprint density at radius 3 is 2.35 bits per heavy atom. The monoisotopic (exact) mass is 538 g/mol. The second kappa shape index (κ2) is 10.7. The van der Waals surface area contributed by atoms with Crippen molar-refractivity contribution in [2.24, 2.45) is 0 Å². The summed E-state index contributed by atoms with van der Waals surface area (Å²) in [6, 6.07) is 5.32. The van der Waals surface area contributed by atoms with Gasteiger partial charge in [0.05, 0.1) is 10.0 Å². The number of rotatable bonds is 5. The van der Waals surface area contributed by atoms with Crippen molar-refractivity contribution in [2.45, 2.75) is 39.8 Å². The van der Waals surface area contributed by atoms with Crippen LogP contribution in [0.2, 0.25) is 0 Å². The number of carbonyl (C=O) groups is 2. The van der Waals surface area contributed by atoms with Crippen LogP contribution in [0.5, 0.6) is 0 Å². The molecule has 1 aromatic heterocycles. The van der Waals surface area contributed by atoms with Crippen molar-refractivity contribution in [3.05, 3.63) is 57.7 Å². The van der Waals surface area contributed by atoms with Crippen molar-refractivity contribution in [2.75, 3.05) is 37.6 Å². The Labute approximate surface area is 206 Å². The van der Waals surface area contributed by atoms with E-state index in [-0.39, 0.29) is 18.5 Å². The van der Waals surface area contributed by atoms with Gasteiger partial charge in [0.15, 0.2) is 11.6 Å². The molecule has 0 radical (unpaired) electrons. The van der Waals surface area contributed by atoms with Crippen LogP contribution in [0.3, 0.4) is 0 Å². The first-order valence-electron chi connectivity index (χ1n) is 11.1. The van der Waals surface area contributed by atoms with Gasteiger partial charge in [-0.3, -0.25) is 4.79 Å². The number of nitrogens with zero attached hydrogens (tertiary/aromatic N) is 4. The molecule has 0 N–H and O–H groups in total. The predicted molar refractivity (Wildman–Crippen MR) is 129 cm³/mol. The molecule has 0 bridgehead atoms. The molecule has 1 aromatic carbocycles. The van der Waals surface area contributed by atoms with Gasteiger partial charge in [-0.1, -0.05) is 6.07 Å². The summed E-state index contributed by atoms with van der Waals surface area (Å²) in [6.45, 7) is 10.0. The van der Waals surface area contributed by atoms with E-state index in [4.69, 9.17) is 4.74 Å². The van der Waals surface area contributed by atoms with E-state index in [1.165, 1.54) is 17.2 Å². The zero-order valence-corrected chi connectivity index (χ0v) is 21.4. The summed E-state index contributed by atoms with van der Waals surface area (Å²) in [7, 11) is 0. The van der Waals surface area contributed by atoms with Crippen LogP contribution in [0.1, 0.15) is 43.6 Å². The number of piperazine rings is 1. The molecule has 10 heteroatoms. The third-order valence-electron chi connectivity index (χ3n) is 5.33. The average molecular weight is 539 g/mol. The smallest absolute Gasteiger partial charge is 0.410 e. The lowest BCUT2D eigenvalue weighted by atomic mass is 10.1. The predicted octanol–water partition coefficient (Wildman–Crippen LogP) is 4.84. The van der Waals surface area contributed by atoms with Gasteiger partial charge in [-0.25, -0.2) is 18.6 Å². The van der Waals surface area contributed by atoms with Crippen molar-refractivity contribution in [1.82, 2.24) is 14.8 Å². The first-order valence-corrected chi connectivity index (χ1v) is 11.9. The third-order valence-corrected chi connectivity index (χ3v) is 5.91. The van der Waals surface area contributed by atoms with Gasteiger partial charge in [-0.05, 0) is 67.4 Å². The number of halogens is 3. The Morgan fingerprint density at radius 2 is 1.79 bits per heavy atom. The summed E-state index contributed by atoms with van der Waals surface area (Å²) in [4.78, 5) is 35.0. The van der Waals surface area contributed by atoms with Crippen LogP contribution in [-0.2, 0) is 11.3 Å². The van der Waals surface area contributed by atoms with Crippen molar-refractivity contribution >= 4 is 33.7 Å². The number of ether oxygens (including phenoxy) is 1. The molecule has 2 heterocycles. The average Bonchev–Trinajstić information content (AvgIpc) is 2.78. The fourth-order valence-corrected chi connectivity index (χ4v) is 4.18. The van der Waals surface area contributed by atoms with Crippen LogP contribution < -0.4 is 4.90 Å². The number of hydrogen-bond donors (Lipinski definition) is 0. The number of carbonyl (C=O) groups excluding carboxylic acids is 2. The first kappa shape index (κ1) is 25.9. The van der Waals surface area contributed by atoms with Crippen molar-refractivity contribution in [3.8, 4) is 0 Å². The van der Waals surface area contributed by atoms with Crippen LogP contribution in [-0.4, -0.2) is 65.1 Å². The number of pyridine rings is 1. The molecular weight excluding hydrogens is 510 g/mol. The maximum atomic E-state index is 13.5. The molecule has 1 fully saturated rings. The molecule has 0 spiro atoms. The molecule has 2 amide bonds. The zero-order valence-electron chi connectivity index (χ0n) is 19.8. The molecule has 3 rings (SSSR count). The number of aromatic nitrogens is 1. The molecule has 2 aromatic rings. The van der Waals surface area contributed by atoms with Crippen molar-refractivity contribution < 1.29 is 23.1 Å². The van der Waals surface area contributed by atoms with Crippen LogP contribution in [0.4, 0.5) is 19.4 Å². The molecule has 34 heavy (non-hydrogen) atoms. The first-order chi connectivity index (χ1) is 16.0. The van der Waals surface area contributed by atoms with Crippen molar-refractivity contribution in [3.63, 3.8) is 0 Å². The lowest BCUT2D eigenvalue weighted by Crippen LogP contribution is -2.50. The second-order valence-corrected chi connectivity index (χ2v) is 9.91. The highest BCUT2D eigenvalue weighted by Crippen LogP contribution is 2.27. The molecule has 0 aliphatic carbocycles. The Kier molecular flexibility index (Phi) is 8.12. The van der Waals surface area contributed by atoms with E-state index in [2.05, 4.69) is 20.9 Å². The highest BCUT2D eigenvalue weighted by atomic mass is 79.9. The largest absolute Gasteiger partial charge is 0.444 e. The van der Waals surface area contributed by atoms with E-state index in [0.717, 1.165) is 12.1 Å². The zero-order chi connectivity index (χ0) is 25.0. The van der Waals surface area contributed by atoms with Crippen molar-refractivity contribution in [1.29, 1.82) is 0 Å². The van der Waals surface area contributed by atoms with Crippen LogP contribution in [0.15, 0.2) is 34.9 Å². The van der Waals surface area contributed by atoms with Crippen LogP contribution in [0, 0.1) is 11.6 Å². The van der Waals surface area contributed by atoms with Gasteiger partial charge in [-0.2, -0.15) is 0 Å². The second-order valence-electron chi connectivity index (χ2n) is 9.05. The molecular formula is C24H29BrF2N4O3. The number of benzene rings is 1. The molecule has 0 unspecified atom stereocenters. The lowest BCUT2D eigenvalue weighted by molar-refractivity contribution is 0.0240. The van der Waals surface area contributed by atoms with Gasteiger partial charge in [-0.15, -0.1) is 0 Å². The van der Waals surface area contributed by atoms with E-state index in [1.807, 2.05) is 32.6 Å². The van der Waals surface area contributed by atoms with E-state index < -0.39 is 17.2 Å². The van der Waals surface area contributed by atoms with Gasteiger partial charge in [0.1, 0.15) is 11.4 Å². The molecule has 7 nitrogen and oxygen atoms in total. The van der Waals surface area contributed by atoms with E-state index in [0.29, 0.717) is 54.1 Å². The van der Waals surface area contributed by atoms with Gasteiger partial charge < -0.3 is 19.4 Å². The Balaban J connectivity index is 1.65. The summed E-state index contributed by atoms with van der Waals surface area (Å²) in [6.07, 6.45) is 1.18. The maximum absolute atomic E-state index is 13.5. The Morgan fingerprint density at radius 1 is 1.12 bits per heavy atom. The molecule has 1 saturated heterocycles. The summed E-state index contributed by atoms with van der Waals surface area (Å²) in [5.74, 6) is -1.44. The van der Waals surface area contributed by atoms with Gasteiger partial charge >= 0.3 is 6.09 Å². The minimum Gasteiger partial charge on any atom is -0.444 e. The van der Waals surface area contributed by atoms with Crippen LogP contribution in [0.25, 0.3) is 0 Å². The lowest BCUT2D eigenvalue weighted by Gasteiger charge is -2.36. The minimum atomic E-state index is -0.943. The fraction of sp³-hybridized carbons (Fsp3) is 0.458. The quantitative estimate of drug-likeness (QED) is 0.544. The van der Waals surface area contributed by atoms with E-state index in [1.54, 1.807) is 11.0 Å². The number of hydrogen-bond acceptors (Lipinski definition) is 5. The van der Waals surface area contributed by atoms with Gasteiger partial charge in [0.2, 0.25) is 0 Å². The molecule has 1 aliphatic rings. The number of amides is 2. The summed E-state index contributed by atoms with van der Waals surface area (Å²) < 4.78 is 32.8. The normalized spacial score (nSPS) is 14.2. The Hall–Kier alpha value is -2.75. The third kappa shape index (κ3) is 6.43.